The molecule has 4 heterocycles. The second-order valence-corrected chi connectivity index (χ2v) is 7.41. The summed E-state index contributed by atoms with van der Waals surface area (Å²) in [5, 5.41) is 8.25. The van der Waals surface area contributed by atoms with E-state index in [0.717, 1.165) is 11.8 Å². The van der Waals surface area contributed by atoms with Gasteiger partial charge in [0.25, 0.3) is 0 Å². The molecular formula is C21H20F3N5O. The van der Waals surface area contributed by atoms with Crippen molar-refractivity contribution in [1.82, 2.24) is 9.97 Å². The molecule has 156 valence electrons. The van der Waals surface area contributed by atoms with Crippen molar-refractivity contribution in [3.05, 3.63) is 54.0 Å². The van der Waals surface area contributed by atoms with E-state index < -0.39 is 11.7 Å². The van der Waals surface area contributed by atoms with Gasteiger partial charge in [0.15, 0.2) is 0 Å². The van der Waals surface area contributed by atoms with E-state index in [0.29, 0.717) is 37.2 Å². The number of Topliss-reactive ketones (excluding diaryl/α,β-unsaturated/α-hetero) is 1. The highest BCUT2D eigenvalue weighted by molar-refractivity contribution is 6.18. The van der Waals surface area contributed by atoms with Crippen molar-refractivity contribution in [2.75, 3.05) is 18.0 Å². The fourth-order valence-corrected chi connectivity index (χ4v) is 3.82. The molecule has 9 heteroatoms. The van der Waals surface area contributed by atoms with Crippen molar-refractivity contribution in [2.24, 2.45) is 16.1 Å². The number of hydrogen-bond donors (Lipinski definition) is 0. The number of carbonyl (C=O) groups excluding carboxylic acids is 1. The number of carbonyl (C=O) groups is 1. The summed E-state index contributed by atoms with van der Waals surface area (Å²) in [5.41, 5.74) is 1.33. The number of hydrogen-bond acceptors (Lipinski definition) is 6. The van der Waals surface area contributed by atoms with Gasteiger partial charge in [0.1, 0.15) is 11.6 Å². The van der Waals surface area contributed by atoms with Gasteiger partial charge in [-0.05, 0) is 37.1 Å². The summed E-state index contributed by atoms with van der Waals surface area (Å²) in [6.45, 7) is 0.665. The van der Waals surface area contributed by atoms with Gasteiger partial charge in [-0.2, -0.15) is 23.4 Å². The Balaban J connectivity index is 1.40. The molecule has 2 aromatic heterocycles. The van der Waals surface area contributed by atoms with Crippen LogP contribution in [0.3, 0.4) is 0 Å². The quantitative estimate of drug-likeness (QED) is 0.742. The largest absolute Gasteiger partial charge is 0.419 e. The van der Waals surface area contributed by atoms with Gasteiger partial charge in [-0.25, -0.2) is 4.98 Å². The molecule has 4 rings (SSSR count). The monoisotopic (exact) mass is 415 g/mol. The van der Waals surface area contributed by atoms with Gasteiger partial charge < -0.3 is 4.90 Å². The number of nitrogens with zero attached hydrogens (tertiary/aromatic N) is 5. The van der Waals surface area contributed by atoms with Crippen molar-refractivity contribution >= 4 is 23.0 Å². The van der Waals surface area contributed by atoms with Gasteiger partial charge in [-0.3, -0.25) is 9.78 Å². The van der Waals surface area contributed by atoms with Gasteiger partial charge in [-0.1, -0.05) is 6.07 Å². The summed E-state index contributed by atoms with van der Waals surface area (Å²) in [4.78, 5) is 22.6. The average molecular weight is 415 g/mol. The molecule has 2 aromatic rings. The van der Waals surface area contributed by atoms with E-state index in [4.69, 9.17) is 0 Å². The predicted octanol–water partition coefficient (Wildman–Crippen LogP) is 3.92. The number of anilines is 1. The third kappa shape index (κ3) is 4.39. The lowest BCUT2D eigenvalue weighted by molar-refractivity contribution is -0.137. The Hall–Kier alpha value is -3.10. The average Bonchev–Trinajstić information content (AvgIpc) is 3.22. The molecule has 0 aromatic carbocycles. The number of aromatic nitrogens is 2. The summed E-state index contributed by atoms with van der Waals surface area (Å²) in [5.74, 6) is -0.495. The molecule has 1 unspecified atom stereocenters. The first kappa shape index (κ1) is 20.2. The van der Waals surface area contributed by atoms with E-state index in [1.54, 1.807) is 11.1 Å². The number of pyridine rings is 2. The van der Waals surface area contributed by atoms with Crippen LogP contribution in [-0.2, 0) is 11.0 Å². The van der Waals surface area contributed by atoms with Crippen LogP contribution in [0.4, 0.5) is 19.0 Å². The van der Waals surface area contributed by atoms with Crippen molar-refractivity contribution in [3.63, 3.8) is 0 Å². The molecule has 1 saturated heterocycles. The highest BCUT2D eigenvalue weighted by Gasteiger charge is 2.37. The van der Waals surface area contributed by atoms with Crippen molar-refractivity contribution in [1.29, 1.82) is 0 Å². The minimum absolute atomic E-state index is 0.0274. The molecule has 0 amide bonds. The third-order valence-corrected chi connectivity index (χ3v) is 5.29. The van der Waals surface area contributed by atoms with E-state index in [2.05, 4.69) is 20.2 Å². The van der Waals surface area contributed by atoms with Crippen molar-refractivity contribution in [2.45, 2.75) is 31.9 Å². The summed E-state index contributed by atoms with van der Waals surface area (Å²) >= 11 is 0. The van der Waals surface area contributed by atoms with Crippen LogP contribution >= 0.6 is 0 Å². The molecule has 6 nitrogen and oxygen atoms in total. The standard InChI is InChI=1S/C21H20F3N5O/c22-21(23,24)16-6-3-9-26-20(16)29-10-4-5-14(13-29)19(30)12-15-11-18(28-27-15)17-7-1-2-8-25-17/h1-3,6-9,14H,4-5,10-13H2. The van der Waals surface area contributed by atoms with Crippen LogP contribution in [0.5, 0.6) is 0 Å². The van der Waals surface area contributed by atoms with Crippen molar-refractivity contribution < 1.29 is 18.0 Å². The van der Waals surface area contributed by atoms with E-state index in [1.807, 2.05) is 18.2 Å². The Labute approximate surface area is 171 Å². The minimum atomic E-state index is -4.49. The summed E-state index contributed by atoms with van der Waals surface area (Å²) < 4.78 is 40.0. The van der Waals surface area contributed by atoms with Crippen LogP contribution < -0.4 is 4.90 Å². The van der Waals surface area contributed by atoms with Crippen LogP contribution in [0, 0.1) is 5.92 Å². The Kier molecular flexibility index (Phi) is 5.61. The predicted molar refractivity (Wildman–Crippen MR) is 107 cm³/mol. The number of ketones is 1. The van der Waals surface area contributed by atoms with Gasteiger partial charge in [0.05, 0.1) is 22.7 Å². The molecule has 2 aliphatic rings. The fourth-order valence-electron chi connectivity index (χ4n) is 3.82. The minimum Gasteiger partial charge on any atom is -0.355 e. The van der Waals surface area contributed by atoms with Crippen LogP contribution in [0.1, 0.15) is 36.9 Å². The lowest BCUT2D eigenvalue weighted by Crippen LogP contribution is -2.40. The number of halogens is 3. The summed E-state index contributed by atoms with van der Waals surface area (Å²) in [6.07, 6.45) is 0.407. The van der Waals surface area contributed by atoms with Crippen LogP contribution in [-0.4, -0.2) is 40.3 Å². The van der Waals surface area contributed by atoms with E-state index in [1.165, 1.54) is 12.3 Å². The molecule has 0 N–H and O–H groups in total. The molecule has 0 aliphatic carbocycles. The lowest BCUT2D eigenvalue weighted by atomic mass is 9.90. The third-order valence-electron chi connectivity index (χ3n) is 5.29. The van der Waals surface area contributed by atoms with Gasteiger partial charge >= 0.3 is 6.18 Å². The molecule has 2 aliphatic heterocycles. The number of piperidine rings is 1. The zero-order valence-corrected chi connectivity index (χ0v) is 16.1. The SMILES string of the molecule is O=C(CC1=NN=C(c2ccccn2)C1)C1CCCN(c2ncccc2C(F)(F)F)C1. The van der Waals surface area contributed by atoms with Gasteiger partial charge in [0, 0.05) is 44.2 Å². The molecular weight excluding hydrogens is 395 g/mol. The highest BCUT2D eigenvalue weighted by Crippen LogP contribution is 2.36. The van der Waals surface area contributed by atoms with E-state index in [-0.39, 0.29) is 30.5 Å². The number of alkyl halides is 3. The maximum Gasteiger partial charge on any atom is 0.419 e. The first-order valence-electron chi connectivity index (χ1n) is 9.75. The molecule has 0 spiro atoms. The number of rotatable bonds is 5. The van der Waals surface area contributed by atoms with Gasteiger partial charge in [-0.15, -0.1) is 0 Å². The van der Waals surface area contributed by atoms with Crippen LogP contribution in [0.25, 0.3) is 0 Å². The Morgan fingerprint density at radius 2 is 1.93 bits per heavy atom. The molecule has 0 radical (unpaired) electrons. The Bertz CT molecular complexity index is 988. The molecule has 0 bridgehead atoms. The molecule has 0 saturated carbocycles. The first-order valence-corrected chi connectivity index (χ1v) is 9.75. The fraction of sp³-hybridized carbons (Fsp3) is 0.381. The zero-order chi connectivity index (χ0) is 21.1. The van der Waals surface area contributed by atoms with Crippen LogP contribution in [0.2, 0.25) is 0 Å². The lowest BCUT2D eigenvalue weighted by Gasteiger charge is -2.34. The van der Waals surface area contributed by atoms with E-state index >= 15 is 0 Å². The normalized spacial score (nSPS) is 19.4. The smallest absolute Gasteiger partial charge is 0.355 e. The van der Waals surface area contributed by atoms with Gasteiger partial charge in [0.2, 0.25) is 0 Å². The maximum absolute atomic E-state index is 13.3. The van der Waals surface area contributed by atoms with E-state index in [9.17, 15) is 18.0 Å². The molecule has 30 heavy (non-hydrogen) atoms. The topological polar surface area (TPSA) is 70.8 Å². The first-order chi connectivity index (χ1) is 14.4. The zero-order valence-electron chi connectivity index (χ0n) is 16.1. The maximum atomic E-state index is 13.3. The second-order valence-electron chi connectivity index (χ2n) is 7.41. The summed E-state index contributed by atoms with van der Waals surface area (Å²) in [7, 11) is 0. The highest BCUT2D eigenvalue weighted by atomic mass is 19.4. The Morgan fingerprint density at radius 1 is 1.10 bits per heavy atom. The van der Waals surface area contributed by atoms with Crippen molar-refractivity contribution in [3.8, 4) is 0 Å². The second kappa shape index (κ2) is 8.33. The van der Waals surface area contributed by atoms with Crippen LogP contribution in [0.15, 0.2) is 52.9 Å². The molecule has 1 atom stereocenters. The summed E-state index contributed by atoms with van der Waals surface area (Å²) in [6, 6.07) is 7.80. The Morgan fingerprint density at radius 3 is 2.70 bits per heavy atom. The molecule has 1 fully saturated rings.